The Kier molecular flexibility index (Phi) is 8.02. The van der Waals surface area contributed by atoms with Crippen molar-refractivity contribution in [3.63, 3.8) is 0 Å². The van der Waals surface area contributed by atoms with Gasteiger partial charge in [0.05, 0.1) is 28.5 Å². The molecule has 1 saturated heterocycles. The number of carbonyl (C=O) groups is 1. The molecule has 1 aliphatic heterocycles. The predicted octanol–water partition coefficient (Wildman–Crippen LogP) is 4.19. The van der Waals surface area contributed by atoms with E-state index >= 15 is 0 Å². The van der Waals surface area contributed by atoms with Crippen LogP contribution in [0.25, 0.3) is 27.5 Å². The summed E-state index contributed by atoms with van der Waals surface area (Å²) in [4.78, 5) is 55.5. The van der Waals surface area contributed by atoms with E-state index in [-0.39, 0.29) is 22.6 Å². The van der Waals surface area contributed by atoms with Gasteiger partial charge in [0.2, 0.25) is 5.95 Å². The normalized spacial score (nSPS) is 13.2. The molecule has 51 heavy (non-hydrogen) atoms. The highest BCUT2D eigenvalue weighted by Gasteiger charge is 2.25. The van der Waals surface area contributed by atoms with Crippen LogP contribution in [-0.2, 0) is 13.5 Å². The van der Waals surface area contributed by atoms with E-state index in [9.17, 15) is 18.8 Å². The van der Waals surface area contributed by atoms with Crippen LogP contribution in [0.5, 0.6) is 0 Å². The van der Waals surface area contributed by atoms with Crippen molar-refractivity contribution < 1.29 is 9.18 Å². The van der Waals surface area contributed by atoms with E-state index in [1.807, 2.05) is 42.5 Å². The lowest BCUT2D eigenvalue weighted by molar-refractivity contribution is 0.0742. The summed E-state index contributed by atoms with van der Waals surface area (Å²) in [6.45, 7) is 2.01. The number of aromatic amines is 1. The Bertz CT molecular complexity index is 2540. The molecule has 7 aromatic rings. The first-order valence-corrected chi connectivity index (χ1v) is 16.4. The Morgan fingerprint density at radius 3 is 2.43 bits per heavy atom. The van der Waals surface area contributed by atoms with Crippen LogP contribution in [0.1, 0.15) is 21.6 Å². The van der Waals surface area contributed by atoms with Gasteiger partial charge in [-0.2, -0.15) is 10.1 Å². The van der Waals surface area contributed by atoms with Crippen LogP contribution in [-0.4, -0.2) is 71.5 Å². The van der Waals surface area contributed by atoms with Crippen molar-refractivity contribution >= 4 is 45.0 Å². The number of nitrogens with one attached hydrogen (secondary N) is 2. The topological polar surface area (TPSA) is 147 Å². The fourth-order valence-electron chi connectivity index (χ4n) is 6.50. The smallest absolute Gasteiger partial charge is 0.277 e. The first-order chi connectivity index (χ1) is 24.8. The average Bonchev–Trinajstić information content (AvgIpc) is 3.42. The Labute approximate surface area is 289 Å². The van der Waals surface area contributed by atoms with E-state index in [2.05, 4.69) is 35.4 Å². The highest BCUT2D eigenvalue weighted by molar-refractivity contribution is 5.95. The molecular weight excluding hydrogens is 651 g/mol. The lowest BCUT2D eigenvalue weighted by Gasteiger charge is -2.36. The van der Waals surface area contributed by atoms with Crippen LogP contribution in [0.4, 0.5) is 21.7 Å². The average molecular weight is 683 g/mol. The maximum absolute atomic E-state index is 15.0. The van der Waals surface area contributed by atoms with E-state index in [0.717, 1.165) is 11.4 Å². The molecular formula is C37H31FN10O3. The van der Waals surface area contributed by atoms with Crippen molar-refractivity contribution in [1.82, 2.24) is 39.4 Å². The van der Waals surface area contributed by atoms with E-state index in [0.29, 0.717) is 77.3 Å². The van der Waals surface area contributed by atoms with Crippen LogP contribution >= 0.6 is 0 Å². The van der Waals surface area contributed by atoms with Crippen LogP contribution in [0.2, 0.25) is 0 Å². The Morgan fingerprint density at radius 2 is 1.67 bits per heavy atom. The zero-order valence-electron chi connectivity index (χ0n) is 27.5. The molecule has 3 aromatic carbocycles. The van der Waals surface area contributed by atoms with Gasteiger partial charge in [-0.05, 0) is 60.2 Å². The van der Waals surface area contributed by atoms with Crippen molar-refractivity contribution in [2.24, 2.45) is 7.05 Å². The molecule has 0 radical (unpaired) electrons. The van der Waals surface area contributed by atoms with E-state index in [4.69, 9.17) is 0 Å². The van der Waals surface area contributed by atoms with Gasteiger partial charge in [0.25, 0.3) is 17.0 Å². The van der Waals surface area contributed by atoms with Gasteiger partial charge in [-0.15, -0.1) is 0 Å². The van der Waals surface area contributed by atoms with Gasteiger partial charge >= 0.3 is 0 Å². The number of hydrogen-bond acceptors (Lipinski definition) is 9. The third-order valence-corrected chi connectivity index (χ3v) is 9.15. The minimum absolute atomic E-state index is 0.0125. The summed E-state index contributed by atoms with van der Waals surface area (Å²) in [5, 5.41) is 11.6. The van der Waals surface area contributed by atoms with E-state index in [1.165, 1.54) is 16.9 Å². The van der Waals surface area contributed by atoms with Crippen LogP contribution in [0.3, 0.4) is 0 Å². The van der Waals surface area contributed by atoms with E-state index in [1.54, 1.807) is 59.4 Å². The lowest BCUT2D eigenvalue weighted by Crippen LogP contribution is -2.49. The van der Waals surface area contributed by atoms with Gasteiger partial charge in [-0.3, -0.25) is 19.4 Å². The van der Waals surface area contributed by atoms with Crippen LogP contribution in [0, 0.1) is 5.82 Å². The van der Waals surface area contributed by atoms with E-state index < -0.39 is 5.82 Å². The van der Waals surface area contributed by atoms with Crippen molar-refractivity contribution in [2.75, 3.05) is 36.4 Å². The molecule has 4 aromatic heterocycles. The second-order valence-corrected chi connectivity index (χ2v) is 12.3. The zero-order valence-corrected chi connectivity index (χ0v) is 27.5. The van der Waals surface area contributed by atoms with Gasteiger partial charge < -0.3 is 15.1 Å². The molecule has 0 spiro atoms. The molecule has 1 aliphatic rings. The number of fused-ring (bicyclic) bond motifs is 2. The predicted molar refractivity (Wildman–Crippen MR) is 191 cm³/mol. The highest BCUT2D eigenvalue weighted by atomic mass is 19.1. The minimum atomic E-state index is -0.579. The fourth-order valence-corrected chi connectivity index (χ4v) is 6.50. The lowest BCUT2D eigenvalue weighted by atomic mass is 10.0. The second-order valence-electron chi connectivity index (χ2n) is 12.3. The molecule has 0 unspecified atom stereocenters. The summed E-state index contributed by atoms with van der Waals surface area (Å²) in [7, 11) is 1.67. The summed E-state index contributed by atoms with van der Waals surface area (Å²) in [5.74, 6) is -0.605. The molecule has 254 valence electrons. The Balaban J connectivity index is 0.928. The highest BCUT2D eigenvalue weighted by Crippen LogP contribution is 2.24. The number of amides is 1. The van der Waals surface area contributed by atoms with Gasteiger partial charge in [0.1, 0.15) is 11.2 Å². The number of pyridine rings is 1. The number of H-pyrrole nitrogens is 1. The van der Waals surface area contributed by atoms with Crippen molar-refractivity contribution in [3.8, 4) is 5.69 Å². The molecule has 8 rings (SSSR count). The van der Waals surface area contributed by atoms with Gasteiger partial charge in [0, 0.05) is 68.8 Å². The summed E-state index contributed by atoms with van der Waals surface area (Å²) < 4.78 is 18.2. The van der Waals surface area contributed by atoms with Crippen LogP contribution in [0.15, 0.2) is 107 Å². The molecule has 0 bridgehead atoms. The number of benzene rings is 3. The number of anilines is 3. The molecule has 0 saturated carbocycles. The standard InChI is InChI=1S/C37H31FN10O3/c1-45-35(50)30-22-40-37(42-33(30)48(45)26-5-4-14-39-21-26)41-24-9-11-25(12-10-24)46-15-17-47(18-16-46)36(51)29-19-23(8-13-31(29)38)20-32-27-6-2-3-7-28(27)34(49)44-43-32/h2-14,19,21-22H,15-18,20H2,1H3,(H,44,49)(H,40,41,42). The van der Waals surface area contributed by atoms with Crippen molar-refractivity contribution in [2.45, 2.75) is 6.42 Å². The number of hydrogen-bond donors (Lipinski definition) is 2. The number of carbonyl (C=O) groups excluding carboxylic acids is 1. The first-order valence-electron chi connectivity index (χ1n) is 16.4. The summed E-state index contributed by atoms with van der Waals surface area (Å²) in [5.41, 5.74) is 3.79. The molecule has 14 heteroatoms. The quantitative estimate of drug-likeness (QED) is 0.253. The molecule has 0 aliphatic carbocycles. The molecule has 13 nitrogen and oxygen atoms in total. The zero-order chi connectivity index (χ0) is 35.1. The van der Waals surface area contributed by atoms with Crippen LogP contribution < -0.4 is 21.3 Å². The second kappa shape index (κ2) is 13.0. The monoisotopic (exact) mass is 682 g/mol. The Morgan fingerprint density at radius 1 is 0.882 bits per heavy atom. The number of rotatable bonds is 7. The largest absolute Gasteiger partial charge is 0.368 e. The summed E-state index contributed by atoms with van der Waals surface area (Å²) in [6.07, 6.45) is 5.17. The minimum Gasteiger partial charge on any atom is -0.368 e. The number of halogens is 1. The maximum atomic E-state index is 15.0. The number of piperazine rings is 1. The fraction of sp³-hybridized carbons (Fsp3) is 0.162. The number of aromatic nitrogens is 7. The third kappa shape index (κ3) is 5.96. The summed E-state index contributed by atoms with van der Waals surface area (Å²) in [6, 6.07) is 23.1. The third-order valence-electron chi connectivity index (χ3n) is 9.15. The maximum Gasteiger partial charge on any atom is 0.277 e. The SMILES string of the molecule is Cn1c(=O)c2cnc(Nc3ccc(N4CCN(C(=O)c5cc(Cc6n[nH]c(=O)c7ccccc67)ccc5F)CC4)cc3)nc2n1-c1cccnc1. The first kappa shape index (κ1) is 31.6. The molecule has 1 amide bonds. The molecule has 2 N–H and O–H groups in total. The van der Waals surface area contributed by atoms with Crippen molar-refractivity contribution in [1.29, 1.82) is 0 Å². The molecule has 0 atom stereocenters. The van der Waals surface area contributed by atoms with Gasteiger partial charge in [-0.1, -0.05) is 24.3 Å². The Hall–Kier alpha value is -6.70. The van der Waals surface area contributed by atoms with Crippen molar-refractivity contribution in [3.05, 3.63) is 141 Å². The molecule has 1 fully saturated rings. The summed E-state index contributed by atoms with van der Waals surface area (Å²) >= 11 is 0. The molecule has 5 heterocycles. The van der Waals surface area contributed by atoms with Gasteiger partial charge in [-0.25, -0.2) is 23.8 Å². The van der Waals surface area contributed by atoms with Gasteiger partial charge in [0.15, 0.2) is 5.65 Å². The number of nitrogens with zero attached hydrogens (tertiary/aromatic N) is 8.